The van der Waals surface area contributed by atoms with Crippen molar-refractivity contribution in [3.63, 3.8) is 0 Å². The minimum Gasteiger partial charge on any atom is -0.327 e. The van der Waals surface area contributed by atoms with Crippen molar-refractivity contribution in [2.45, 2.75) is 25.3 Å². The van der Waals surface area contributed by atoms with Crippen molar-refractivity contribution in [3.05, 3.63) is 35.9 Å². The van der Waals surface area contributed by atoms with Crippen LogP contribution in [0.1, 0.15) is 24.8 Å². The summed E-state index contributed by atoms with van der Waals surface area (Å²) < 4.78 is 0. The van der Waals surface area contributed by atoms with Gasteiger partial charge in [0.15, 0.2) is 0 Å². The zero-order valence-corrected chi connectivity index (χ0v) is 7.40. The predicted octanol–water partition coefficient (Wildman–Crippen LogP) is 2.14. The van der Waals surface area contributed by atoms with Gasteiger partial charge in [0.25, 0.3) is 0 Å². The monoisotopic (exact) mass is 161 g/mol. The van der Waals surface area contributed by atoms with Gasteiger partial charge in [-0.2, -0.15) is 0 Å². The first kappa shape index (κ1) is 7.81. The fourth-order valence-corrected chi connectivity index (χ4v) is 1.96. The molecule has 1 heteroatoms. The fraction of sp³-hybridized carbons (Fsp3) is 0.455. The van der Waals surface area contributed by atoms with Crippen LogP contribution >= 0.6 is 0 Å². The number of nitrogens with two attached hydrogens (primary N) is 1. The molecular formula is C11H15N. The summed E-state index contributed by atoms with van der Waals surface area (Å²) in [5.41, 5.74) is 7.30. The van der Waals surface area contributed by atoms with Gasteiger partial charge in [-0.25, -0.2) is 0 Å². The lowest BCUT2D eigenvalue weighted by molar-refractivity contribution is 0.226. The summed E-state index contributed by atoms with van der Waals surface area (Å²) in [5, 5.41) is 0. The molecule has 1 aliphatic carbocycles. The molecule has 12 heavy (non-hydrogen) atoms. The highest BCUT2D eigenvalue weighted by Crippen LogP contribution is 2.40. The summed E-state index contributed by atoms with van der Waals surface area (Å²) in [7, 11) is 0. The van der Waals surface area contributed by atoms with Gasteiger partial charge in [-0.15, -0.1) is 0 Å². The van der Waals surface area contributed by atoms with Crippen LogP contribution in [0.3, 0.4) is 0 Å². The largest absolute Gasteiger partial charge is 0.327 e. The molecule has 0 bridgehead atoms. The molecular weight excluding hydrogens is 146 g/mol. The molecule has 0 amide bonds. The van der Waals surface area contributed by atoms with E-state index in [2.05, 4.69) is 37.3 Å². The average Bonchev–Trinajstić information content (AvgIpc) is 2.15. The van der Waals surface area contributed by atoms with Crippen LogP contribution in [0.4, 0.5) is 0 Å². The third-order valence-corrected chi connectivity index (χ3v) is 3.06. The van der Waals surface area contributed by atoms with Crippen molar-refractivity contribution < 1.29 is 0 Å². The molecule has 2 N–H and O–H groups in total. The number of hydrogen-bond donors (Lipinski definition) is 1. The second kappa shape index (κ2) is 2.91. The van der Waals surface area contributed by atoms with E-state index in [9.17, 15) is 0 Å². The maximum absolute atomic E-state index is 5.85. The summed E-state index contributed by atoms with van der Waals surface area (Å²) in [6, 6.07) is 11.1. The van der Waals surface area contributed by atoms with Gasteiger partial charge in [-0.3, -0.25) is 0 Å². The van der Waals surface area contributed by atoms with E-state index in [-0.39, 0.29) is 0 Å². The molecule has 1 saturated carbocycles. The Morgan fingerprint density at radius 2 is 1.92 bits per heavy atom. The zero-order valence-electron chi connectivity index (χ0n) is 7.40. The van der Waals surface area contributed by atoms with E-state index in [0.29, 0.717) is 17.9 Å². The van der Waals surface area contributed by atoms with E-state index >= 15 is 0 Å². The first-order valence-corrected chi connectivity index (χ1v) is 4.59. The first-order valence-electron chi connectivity index (χ1n) is 4.59. The van der Waals surface area contributed by atoms with Gasteiger partial charge in [0.2, 0.25) is 0 Å². The number of hydrogen-bond acceptors (Lipinski definition) is 1. The zero-order chi connectivity index (χ0) is 8.55. The van der Waals surface area contributed by atoms with E-state index in [1.54, 1.807) is 0 Å². The lowest BCUT2D eigenvalue weighted by atomic mass is 9.67. The van der Waals surface area contributed by atoms with Gasteiger partial charge >= 0.3 is 0 Å². The molecule has 0 radical (unpaired) electrons. The minimum absolute atomic E-state index is 0.426. The van der Waals surface area contributed by atoms with Crippen molar-refractivity contribution >= 4 is 0 Å². The maximum Gasteiger partial charge on any atom is 0.00763 e. The molecule has 0 unspecified atom stereocenters. The van der Waals surface area contributed by atoms with Crippen LogP contribution in [0.2, 0.25) is 0 Å². The topological polar surface area (TPSA) is 26.0 Å². The lowest BCUT2D eigenvalue weighted by Crippen LogP contribution is -2.44. The van der Waals surface area contributed by atoms with Gasteiger partial charge in [-0.1, -0.05) is 37.3 Å². The van der Waals surface area contributed by atoms with Crippen LogP contribution in [-0.2, 0) is 0 Å². The molecule has 2 rings (SSSR count). The van der Waals surface area contributed by atoms with Crippen LogP contribution in [0, 0.1) is 5.92 Å². The Bertz CT molecular complexity index is 255. The average molecular weight is 161 g/mol. The van der Waals surface area contributed by atoms with Gasteiger partial charge in [0, 0.05) is 6.04 Å². The van der Waals surface area contributed by atoms with Crippen molar-refractivity contribution in [2.75, 3.05) is 0 Å². The second-order valence-electron chi connectivity index (χ2n) is 3.78. The van der Waals surface area contributed by atoms with Gasteiger partial charge in [-0.05, 0) is 23.8 Å². The molecule has 1 fully saturated rings. The summed E-state index contributed by atoms with van der Waals surface area (Å²) in [5.74, 6) is 1.37. The van der Waals surface area contributed by atoms with E-state index < -0.39 is 0 Å². The molecule has 0 heterocycles. The third-order valence-electron chi connectivity index (χ3n) is 3.06. The summed E-state index contributed by atoms with van der Waals surface area (Å²) in [4.78, 5) is 0. The van der Waals surface area contributed by atoms with Crippen molar-refractivity contribution in [2.24, 2.45) is 11.7 Å². The Morgan fingerprint density at radius 3 is 2.42 bits per heavy atom. The minimum atomic E-state index is 0.426. The number of benzene rings is 1. The molecule has 64 valence electrons. The Hall–Kier alpha value is -0.820. The molecule has 0 aliphatic heterocycles. The normalized spacial score (nSPS) is 34.3. The fourth-order valence-electron chi connectivity index (χ4n) is 1.96. The Labute approximate surface area is 73.6 Å². The lowest BCUT2D eigenvalue weighted by Gasteiger charge is -2.40. The van der Waals surface area contributed by atoms with Gasteiger partial charge < -0.3 is 5.73 Å². The van der Waals surface area contributed by atoms with Crippen molar-refractivity contribution in [1.29, 1.82) is 0 Å². The van der Waals surface area contributed by atoms with Crippen molar-refractivity contribution in [3.8, 4) is 0 Å². The smallest absolute Gasteiger partial charge is 0.00763 e. The van der Waals surface area contributed by atoms with Gasteiger partial charge in [0.05, 0.1) is 0 Å². The van der Waals surface area contributed by atoms with Crippen LogP contribution in [0.5, 0.6) is 0 Å². The van der Waals surface area contributed by atoms with Gasteiger partial charge in [0.1, 0.15) is 0 Å². The molecule has 0 aromatic heterocycles. The quantitative estimate of drug-likeness (QED) is 0.671. The highest BCUT2D eigenvalue weighted by atomic mass is 14.7. The molecule has 1 aromatic carbocycles. The maximum atomic E-state index is 5.85. The molecule has 3 atom stereocenters. The Balaban J connectivity index is 2.13. The van der Waals surface area contributed by atoms with E-state index in [4.69, 9.17) is 5.73 Å². The van der Waals surface area contributed by atoms with E-state index in [0.717, 1.165) is 6.42 Å². The van der Waals surface area contributed by atoms with Crippen LogP contribution < -0.4 is 5.73 Å². The summed E-state index contributed by atoms with van der Waals surface area (Å²) in [6.45, 7) is 2.24. The van der Waals surface area contributed by atoms with Crippen molar-refractivity contribution in [1.82, 2.24) is 0 Å². The standard InChI is InChI=1S/C11H15N/c1-8-10(7-11(8)12)9-5-3-2-4-6-9/h2-6,8,10-11H,7,12H2,1H3/t8-,10+,11-/m1/s1. The van der Waals surface area contributed by atoms with E-state index in [1.165, 1.54) is 5.56 Å². The third kappa shape index (κ3) is 1.14. The Morgan fingerprint density at radius 1 is 1.25 bits per heavy atom. The highest BCUT2D eigenvalue weighted by Gasteiger charge is 2.35. The molecule has 1 aliphatic rings. The number of rotatable bonds is 1. The molecule has 1 aromatic rings. The van der Waals surface area contributed by atoms with Crippen LogP contribution in [-0.4, -0.2) is 6.04 Å². The van der Waals surface area contributed by atoms with Crippen LogP contribution in [0.15, 0.2) is 30.3 Å². The molecule has 0 spiro atoms. The van der Waals surface area contributed by atoms with E-state index in [1.807, 2.05) is 0 Å². The first-order chi connectivity index (χ1) is 5.79. The highest BCUT2D eigenvalue weighted by molar-refractivity contribution is 5.23. The van der Waals surface area contributed by atoms with Crippen LogP contribution in [0.25, 0.3) is 0 Å². The Kier molecular flexibility index (Phi) is 1.89. The summed E-state index contributed by atoms with van der Waals surface area (Å²) >= 11 is 0. The second-order valence-corrected chi connectivity index (χ2v) is 3.78. The summed E-state index contributed by atoms with van der Waals surface area (Å²) in [6.07, 6.45) is 1.16. The molecule has 0 saturated heterocycles. The predicted molar refractivity (Wildman–Crippen MR) is 50.9 cm³/mol. The molecule has 1 nitrogen and oxygen atoms in total. The SMILES string of the molecule is C[C@H]1[C@H](N)C[C@@H]1c1ccccc1.